The first kappa shape index (κ1) is 17.9. The number of aromatic nitrogens is 3. The zero-order chi connectivity index (χ0) is 18.7. The summed E-state index contributed by atoms with van der Waals surface area (Å²) in [6.07, 6.45) is 2.04. The fourth-order valence-electron chi connectivity index (χ4n) is 2.36. The van der Waals surface area contributed by atoms with Crippen LogP contribution in [-0.4, -0.2) is 39.2 Å². The molecule has 0 amide bonds. The Bertz CT molecular complexity index is 977. The monoisotopic (exact) mass is 381 g/mol. The molecule has 10 heteroatoms. The molecule has 7 nitrogen and oxygen atoms in total. The molecule has 0 saturated heterocycles. The molecular weight excluding hydrogens is 368 g/mol. The van der Waals surface area contributed by atoms with Gasteiger partial charge >= 0.3 is 6.61 Å². The number of halogens is 2. The van der Waals surface area contributed by atoms with Crippen molar-refractivity contribution in [1.29, 1.82) is 0 Å². The number of fused-ring (bicyclic) bond motifs is 1. The zero-order valence-electron chi connectivity index (χ0n) is 13.4. The van der Waals surface area contributed by atoms with E-state index in [9.17, 15) is 17.8 Å². The van der Waals surface area contributed by atoms with E-state index in [1.54, 1.807) is 0 Å². The summed E-state index contributed by atoms with van der Waals surface area (Å²) in [5.74, 6) is 0.234. The number of H-pyrrole nitrogens is 1. The number of hydrogen-bond donors (Lipinski definition) is 1. The predicted molar refractivity (Wildman–Crippen MR) is 89.0 cm³/mol. The van der Waals surface area contributed by atoms with Crippen LogP contribution in [0.25, 0.3) is 11.0 Å². The second kappa shape index (κ2) is 7.56. The topological polar surface area (TPSA) is 94.2 Å². The second-order valence-corrected chi connectivity index (χ2v) is 6.45. The van der Waals surface area contributed by atoms with Crippen molar-refractivity contribution in [2.24, 2.45) is 0 Å². The quantitative estimate of drug-likeness (QED) is 0.633. The van der Waals surface area contributed by atoms with Crippen LogP contribution in [-0.2, 0) is 16.6 Å². The number of carbonyl (C=O) groups is 1. The van der Waals surface area contributed by atoms with Crippen LogP contribution in [0.2, 0.25) is 0 Å². The molecule has 0 saturated carbocycles. The van der Waals surface area contributed by atoms with Gasteiger partial charge in [0.25, 0.3) is 0 Å². The van der Waals surface area contributed by atoms with Gasteiger partial charge in [0.05, 0.1) is 46.0 Å². The Hall–Kier alpha value is -2.88. The number of methoxy groups -OCH3 is 1. The van der Waals surface area contributed by atoms with Crippen LogP contribution >= 0.6 is 0 Å². The van der Waals surface area contributed by atoms with E-state index in [0.717, 1.165) is 0 Å². The van der Waals surface area contributed by atoms with Crippen LogP contribution in [0.5, 0.6) is 11.5 Å². The van der Waals surface area contributed by atoms with E-state index in [0.29, 0.717) is 28.8 Å². The lowest BCUT2D eigenvalue weighted by Gasteiger charge is -2.07. The molecule has 26 heavy (non-hydrogen) atoms. The molecule has 0 aliphatic carbocycles. The lowest BCUT2D eigenvalue weighted by molar-refractivity contribution is -0.0497. The lowest BCUT2D eigenvalue weighted by atomic mass is 10.2. The van der Waals surface area contributed by atoms with Crippen molar-refractivity contribution >= 4 is 28.1 Å². The predicted octanol–water partition coefficient (Wildman–Crippen LogP) is 2.69. The number of rotatable bonds is 7. The van der Waals surface area contributed by atoms with Crippen LogP contribution < -0.4 is 9.47 Å². The number of nitrogens with zero attached hydrogens (tertiary/aromatic N) is 2. The van der Waals surface area contributed by atoms with Crippen LogP contribution in [0.4, 0.5) is 8.78 Å². The van der Waals surface area contributed by atoms with Crippen molar-refractivity contribution in [2.45, 2.75) is 17.5 Å². The Morgan fingerprint density at radius 3 is 2.85 bits per heavy atom. The number of hydrogen-bond acceptors (Lipinski definition) is 6. The number of pyridine rings is 1. The van der Waals surface area contributed by atoms with Gasteiger partial charge in [-0.3, -0.25) is 14.0 Å². The maximum absolute atomic E-state index is 12.6. The van der Waals surface area contributed by atoms with Crippen molar-refractivity contribution in [3.8, 4) is 11.5 Å². The zero-order valence-corrected chi connectivity index (χ0v) is 14.3. The second-order valence-electron chi connectivity index (χ2n) is 5.08. The molecule has 2 aromatic heterocycles. The summed E-state index contributed by atoms with van der Waals surface area (Å²) >= 11 is 0. The minimum absolute atomic E-state index is 0.0359. The molecule has 3 aromatic rings. The van der Waals surface area contributed by atoms with Gasteiger partial charge in [0.2, 0.25) is 0 Å². The van der Waals surface area contributed by atoms with Gasteiger partial charge in [-0.15, -0.1) is 0 Å². The normalized spacial score (nSPS) is 12.3. The van der Waals surface area contributed by atoms with E-state index in [2.05, 4.69) is 19.7 Å². The van der Waals surface area contributed by atoms with E-state index in [1.807, 2.05) is 0 Å². The molecule has 0 spiro atoms. The molecule has 0 bridgehead atoms. The van der Waals surface area contributed by atoms with E-state index in [-0.39, 0.29) is 22.2 Å². The highest BCUT2D eigenvalue weighted by atomic mass is 32.2. The summed E-state index contributed by atoms with van der Waals surface area (Å²) in [7, 11) is -0.221. The van der Waals surface area contributed by atoms with E-state index in [4.69, 9.17) is 4.74 Å². The van der Waals surface area contributed by atoms with Crippen molar-refractivity contribution in [3.63, 3.8) is 0 Å². The highest BCUT2D eigenvalue weighted by Crippen LogP contribution is 2.24. The van der Waals surface area contributed by atoms with Gasteiger partial charge in [0.15, 0.2) is 11.4 Å². The third-order valence-electron chi connectivity index (χ3n) is 3.51. The van der Waals surface area contributed by atoms with Crippen LogP contribution in [0, 0.1) is 0 Å². The largest absolute Gasteiger partial charge is 0.496 e. The fraction of sp³-hybridized carbons (Fsp3) is 0.188. The Balaban J connectivity index is 1.87. The first-order chi connectivity index (χ1) is 12.5. The molecular formula is C16H13F2N3O4S. The number of nitrogens with one attached hydrogen (secondary N) is 1. The third-order valence-corrected chi connectivity index (χ3v) is 4.67. The molecule has 1 atom stereocenters. The summed E-state index contributed by atoms with van der Waals surface area (Å²) in [6, 6.07) is 5.69. The summed E-state index contributed by atoms with van der Waals surface area (Å²) in [5.41, 5.74) is 1.37. The minimum atomic E-state index is -2.94. The third kappa shape index (κ3) is 3.69. The van der Waals surface area contributed by atoms with E-state index >= 15 is 0 Å². The summed E-state index contributed by atoms with van der Waals surface area (Å²) in [6.45, 7) is -2.94. The minimum Gasteiger partial charge on any atom is -0.496 e. The standard InChI is InChI=1S/C16H13F2N3O4S/c1-24-14-4-5-19-13(10(14)7-22)8-26(23)16-20-11-3-2-9(25-15(17)18)6-12(11)21-16/h2-7,15H,8H2,1H3,(H,20,21). The molecule has 1 aromatic carbocycles. The number of ether oxygens (including phenoxy) is 2. The van der Waals surface area contributed by atoms with Gasteiger partial charge in [-0.2, -0.15) is 8.78 Å². The van der Waals surface area contributed by atoms with Crippen molar-refractivity contribution in [3.05, 3.63) is 41.7 Å². The van der Waals surface area contributed by atoms with Gasteiger partial charge in [-0.05, 0) is 18.2 Å². The molecule has 3 rings (SSSR count). The Kier molecular flexibility index (Phi) is 5.21. The number of aldehydes is 1. The average Bonchev–Trinajstić information content (AvgIpc) is 3.04. The maximum Gasteiger partial charge on any atom is 0.387 e. The summed E-state index contributed by atoms with van der Waals surface area (Å²) in [5, 5.41) is 0.135. The van der Waals surface area contributed by atoms with Gasteiger partial charge in [0.1, 0.15) is 11.5 Å². The summed E-state index contributed by atoms with van der Waals surface area (Å²) < 4.78 is 46.6. The summed E-state index contributed by atoms with van der Waals surface area (Å²) in [4.78, 5) is 22.3. The number of benzene rings is 1. The average molecular weight is 381 g/mol. The first-order valence-corrected chi connectivity index (χ1v) is 8.63. The van der Waals surface area contributed by atoms with Gasteiger partial charge in [-0.1, -0.05) is 0 Å². The molecule has 0 radical (unpaired) electrons. The SMILES string of the molecule is COc1ccnc(CS(=O)c2nc3ccc(OC(F)F)cc3[nH]2)c1C=O. The number of alkyl halides is 2. The number of carbonyl (C=O) groups excluding carboxylic acids is 1. The molecule has 1 N–H and O–H groups in total. The van der Waals surface area contributed by atoms with Crippen LogP contribution in [0.3, 0.4) is 0 Å². The van der Waals surface area contributed by atoms with Gasteiger partial charge < -0.3 is 14.5 Å². The Morgan fingerprint density at radius 2 is 2.15 bits per heavy atom. The Morgan fingerprint density at radius 1 is 1.35 bits per heavy atom. The molecule has 0 aliphatic rings. The van der Waals surface area contributed by atoms with E-state index < -0.39 is 17.4 Å². The smallest absolute Gasteiger partial charge is 0.387 e. The molecule has 0 aliphatic heterocycles. The highest BCUT2D eigenvalue weighted by Gasteiger charge is 2.17. The lowest BCUT2D eigenvalue weighted by Crippen LogP contribution is -2.05. The van der Waals surface area contributed by atoms with Crippen molar-refractivity contribution in [2.75, 3.05) is 7.11 Å². The van der Waals surface area contributed by atoms with Gasteiger partial charge in [0, 0.05) is 12.3 Å². The van der Waals surface area contributed by atoms with Crippen LogP contribution in [0.1, 0.15) is 16.1 Å². The molecule has 0 fully saturated rings. The van der Waals surface area contributed by atoms with Crippen LogP contribution in [0.15, 0.2) is 35.6 Å². The molecule has 1 unspecified atom stereocenters. The maximum atomic E-state index is 12.6. The highest BCUT2D eigenvalue weighted by molar-refractivity contribution is 7.84. The van der Waals surface area contributed by atoms with Crippen molar-refractivity contribution in [1.82, 2.24) is 15.0 Å². The van der Waals surface area contributed by atoms with E-state index in [1.165, 1.54) is 37.6 Å². The van der Waals surface area contributed by atoms with Crippen molar-refractivity contribution < 1.29 is 27.3 Å². The molecule has 2 heterocycles. The fourth-order valence-corrected chi connectivity index (χ4v) is 3.40. The number of imidazole rings is 1. The Labute approximate surface area is 148 Å². The first-order valence-electron chi connectivity index (χ1n) is 7.32. The van der Waals surface area contributed by atoms with Gasteiger partial charge in [-0.25, -0.2) is 4.98 Å². The molecule has 136 valence electrons. The number of aromatic amines is 1.